The van der Waals surface area contributed by atoms with Crippen LogP contribution in [0.5, 0.6) is 0 Å². The van der Waals surface area contributed by atoms with Crippen LogP contribution in [0.2, 0.25) is 0 Å². The van der Waals surface area contributed by atoms with Gasteiger partial charge in [0.1, 0.15) is 0 Å². The minimum atomic E-state index is -0.430. The molecule has 0 bridgehead atoms. The first-order chi connectivity index (χ1) is 64.9. The first-order valence-corrected chi connectivity index (χ1v) is 50.7. The largest absolute Gasteiger partial charge is 0.0736 e. The van der Waals surface area contributed by atoms with Gasteiger partial charge >= 0.3 is 0 Å². The van der Waals surface area contributed by atoms with Gasteiger partial charge in [-0.05, 0) is 323 Å². The molecule has 624 valence electrons. The molecule has 0 aromatic heterocycles. The van der Waals surface area contributed by atoms with Gasteiger partial charge in [0.05, 0.1) is 21.7 Å². The van der Waals surface area contributed by atoms with Crippen LogP contribution in [-0.4, -0.2) is 0 Å². The highest BCUT2D eigenvalue weighted by Crippen LogP contribution is 2.69. The summed E-state index contributed by atoms with van der Waals surface area (Å²) >= 11 is 31.1. The van der Waals surface area contributed by atoms with Crippen molar-refractivity contribution in [2.75, 3.05) is 0 Å². The van der Waals surface area contributed by atoms with Crippen LogP contribution >= 0.6 is 127 Å². The lowest BCUT2D eigenvalue weighted by atomic mass is 9.66. The van der Waals surface area contributed by atoms with Crippen molar-refractivity contribution in [2.45, 2.75) is 21.7 Å². The van der Waals surface area contributed by atoms with E-state index in [1.807, 2.05) is 0 Å². The molecule has 4 spiro atoms. The molecule has 8 aliphatic carbocycles. The molecule has 132 heavy (non-hydrogen) atoms. The number of hydrogen-bond acceptors (Lipinski definition) is 0. The van der Waals surface area contributed by atoms with Crippen LogP contribution in [-0.2, 0) is 21.7 Å². The fourth-order valence-electron chi connectivity index (χ4n) is 24.3. The van der Waals surface area contributed by atoms with Crippen LogP contribution in [0, 0.1) is 0 Å². The molecule has 20 aromatic carbocycles. The SMILES string of the molecule is Brc1cc(Br)c2c(c1)-c1ccccc1-c1ccccc1C21c2ccccc2-c2ccccc21.Brc1cc(Br)c2c(c1)C1(c3ccccc3-c3ccccc3-2)c2ccccc2-c2ccccc21.Brc1cc2c(cc1Br)C1(c3ccccc3-c3ccccc3-2)c2ccccc2-c2ccccc21.Brc1ccc2c(c1Br)C1(c3ccccc3-c3ccccc3-2)c2ccccc2-c2ccccc21. The van der Waals surface area contributed by atoms with Crippen LogP contribution in [0.4, 0.5) is 0 Å². The van der Waals surface area contributed by atoms with Gasteiger partial charge in [0.2, 0.25) is 0 Å². The third-order valence-electron chi connectivity index (χ3n) is 29.0. The summed E-state index contributed by atoms with van der Waals surface area (Å²) in [6, 6.07) is 161. The first kappa shape index (κ1) is 82.2. The Bertz CT molecular complexity index is 8080. The summed E-state index contributed by atoms with van der Waals surface area (Å²) in [5.74, 6) is 0. The second kappa shape index (κ2) is 32.0. The maximum atomic E-state index is 4.05. The van der Waals surface area contributed by atoms with Crippen molar-refractivity contribution >= 4 is 127 Å². The predicted octanol–water partition coefficient (Wildman–Crippen LogP) is 36.9. The van der Waals surface area contributed by atoms with E-state index in [1.54, 1.807) is 0 Å². The van der Waals surface area contributed by atoms with E-state index < -0.39 is 21.7 Å². The van der Waals surface area contributed by atoms with E-state index >= 15 is 0 Å². The Morgan fingerprint density at radius 3 is 0.682 bits per heavy atom. The molecule has 0 atom stereocenters. The Balaban J connectivity index is 0.0000000945. The molecule has 0 amide bonds. The third-order valence-corrected chi connectivity index (χ3v) is 35.0. The molecule has 0 heterocycles. The molecule has 0 unspecified atom stereocenters. The van der Waals surface area contributed by atoms with Gasteiger partial charge in [-0.25, -0.2) is 0 Å². The Morgan fingerprint density at radius 2 is 0.348 bits per heavy atom. The first-order valence-electron chi connectivity index (χ1n) is 44.4. The maximum Gasteiger partial charge on any atom is 0.0736 e. The highest BCUT2D eigenvalue weighted by molar-refractivity contribution is 9.13. The van der Waals surface area contributed by atoms with Gasteiger partial charge < -0.3 is 0 Å². The number of fused-ring (bicyclic) bond motifs is 48. The second-order valence-electron chi connectivity index (χ2n) is 34.9. The van der Waals surface area contributed by atoms with Crippen molar-refractivity contribution in [3.05, 3.63) is 562 Å². The summed E-state index contributed by atoms with van der Waals surface area (Å²) < 4.78 is 8.68. The summed E-state index contributed by atoms with van der Waals surface area (Å²) in [5.41, 5.74) is 50.6. The molecule has 0 radical (unpaired) electrons. The number of hydrogen-bond donors (Lipinski definition) is 0. The van der Waals surface area contributed by atoms with E-state index in [0.29, 0.717) is 0 Å². The molecule has 8 aliphatic rings. The molecule has 0 saturated heterocycles. The predicted molar refractivity (Wildman–Crippen MR) is 574 cm³/mol. The monoisotopic (exact) mass is 2190 g/mol. The maximum absolute atomic E-state index is 4.05. The van der Waals surface area contributed by atoms with Crippen molar-refractivity contribution in [1.82, 2.24) is 0 Å². The van der Waals surface area contributed by atoms with Crippen molar-refractivity contribution in [3.63, 3.8) is 0 Å². The Kier molecular flexibility index (Phi) is 19.9. The minimum Gasteiger partial charge on any atom is -0.0619 e. The van der Waals surface area contributed by atoms with Gasteiger partial charge in [-0.2, -0.15) is 0 Å². The second-order valence-corrected chi connectivity index (χ2v) is 41.8. The van der Waals surface area contributed by atoms with Crippen LogP contribution in [0.1, 0.15) is 89.0 Å². The standard InChI is InChI=1S/4C31H18Br2/c32-19-17-28-30(29(33)18-19)24-13-2-1-9-20(24)21-10-3-6-14-25(21)31(28)26-15-7-4-11-22(26)23-12-5-8-16-27(23)31;32-19-17-25-21-10-2-1-9-20(21)22-11-3-6-14-26(22)31(30(25)29(33)18-19)27-15-7-4-12-23(27)24-13-5-8-16-28(24)31;32-29-17-24-20-10-2-1-9-19(20)21-11-3-6-14-25(21)31(28(24)18-30(29)33)26-15-7-4-12-22(26)23-13-5-8-16-27(23)31;32-28-18-17-24-20-10-2-1-9-19(20)21-11-3-6-14-25(21)31(29(24)30(28)33)26-15-7-4-12-22(26)23-13-5-8-16-27(23)31/h4*1-18H. The molecule has 0 aliphatic heterocycles. The zero-order valence-corrected chi connectivity index (χ0v) is 83.3. The summed E-state index contributed by atoms with van der Waals surface area (Å²) in [4.78, 5) is 0. The minimum absolute atomic E-state index is 0.401. The number of benzene rings is 20. The summed E-state index contributed by atoms with van der Waals surface area (Å²) in [7, 11) is 0. The van der Waals surface area contributed by atoms with E-state index in [9.17, 15) is 0 Å². The van der Waals surface area contributed by atoms with Gasteiger partial charge in [0, 0.05) is 41.3 Å². The van der Waals surface area contributed by atoms with Crippen LogP contribution < -0.4 is 0 Å². The van der Waals surface area contributed by atoms with Crippen molar-refractivity contribution in [1.29, 1.82) is 0 Å². The lowest BCUT2D eigenvalue weighted by Gasteiger charge is -2.36. The highest BCUT2D eigenvalue weighted by Gasteiger charge is 2.56. The van der Waals surface area contributed by atoms with E-state index in [-0.39, 0.29) is 0 Å². The molecule has 8 heteroatoms. The summed E-state index contributed by atoms with van der Waals surface area (Å²) in [6.07, 6.45) is 0. The molecule has 0 nitrogen and oxygen atoms in total. The van der Waals surface area contributed by atoms with Crippen molar-refractivity contribution in [3.8, 4) is 134 Å². The molecule has 20 aromatic rings. The molecule has 0 N–H and O–H groups in total. The van der Waals surface area contributed by atoms with Gasteiger partial charge in [-0.1, -0.05) is 458 Å². The average Bonchev–Trinajstić information content (AvgIpc) is 1.57. The molecule has 0 fully saturated rings. The average molecular weight is 2200 g/mol. The van der Waals surface area contributed by atoms with E-state index in [4.69, 9.17) is 0 Å². The van der Waals surface area contributed by atoms with Crippen LogP contribution in [0.3, 0.4) is 0 Å². The fourth-order valence-corrected chi connectivity index (χ4v) is 28.9. The lowest BCUT2D eigenvalue weighted by Crippen LogP contribution is -2.30. The highest BCUT2D eigenvalue weighted by atomic mass is 79.9. The van der Waals surface area contributed by atoms with Crippen molar-refractivity contribution in [2.24, 2.45) is 0 Å². The van der Waals surface area contributed by atoms with Gasteiger partial charge in [-0.15, -0.1) is 0 Å². The van der Waals surface area contributed by atoms with Crippen LogP contribution in [0.15, 0.2) is 473 Å². The van der Waals surface area contributed by atoms with E-state index in [0.717, 1.165) is 35.8 Å². The van der Waals surface area contributed by atoms with Gasteiger partial charge in [0.25, 0.3) is 0 Å². The van der Waals surface area contributed by atoms with Gasteiger partial charge in [0.15, 0.2) is 0 Å². The lowest BCUT2D eigenvalue weighted by molar-refractivity contribution is 0.770. The number of halogens is 8. The van der Waals surface area contributed by atoms with Crippen molar-refractivity contribution < 1.29 is 0 Å². The smallest absolute Gasteiger partial charge is 0.0619 e. The Labute approximate surface area is 835 Å². The van der Waals surface area contributed by atoms with Crippen LogP contribution in [0.25, 0.3) is 134 Å². The molecular formula is C124H72Br8. The molecule has 0 saturated carbocycles. The molecule has 28 rings (SSSR count). The zero-order chi connectivity index (χ0) is 88.6. The normalized spacial score (nSPS) is 14.0. The Hall–Kier alpha value is -11.8. The van der Waals surface area contributed by atoms with E-state index in [2.05, 4.69) is 564 Å². The Morgan fingerprint density at radius 1 is 0.121 bits per heavy atom. The fraction of sp³-hybridized carbons (Fsp3) is 0.0323. The summed E-state index contributed by atoms with van der Waals surface area (Å²) in [6.45, 7) is 0. The topological polar surface area (TPSA) is 0 Å². The van der Waals surface area contributed by atoms with E-state index in [1.165, 1.54) is 223 Å². The summed E-state index contributed by atoms with van der Waals surface area (Å²) in [5, 5.41) is 0. The third kappa shape index (κ3) is 11.7. The zero-order valence-electron chi connectivity index (χ0n) is 70.6. The quantitative estimate of drug-likeness (QED) is 0.142. The van der Waals surface area contributed by atoms with Gasteiger partial charge in [-0.3, -0.25) is 0 Å². The number of rotatable bonds is 0. The molecular weight excluding hydrogens is 2130 g/mol.